The average Bonchev–Trinajstić information content (AvgIpc) is 2.76. The molecular weight excluding hydrogens is 396 g/mol. The Morgan fingerprint density at radius 2 is 1.80 bits per heavy atom. The second-order valence-corrected chi connectivity index (χ2v) is 6.05. The molecule has 1 atom stereocenters. The number of benzene rings is 2. The summed E-state index contributed by atoms with van der Waals surface area (Å²) in [6.45, 7) is -0.680. The van der Waals surface area contributed by atoms with E-state index in [4.69, 9.17) is 14.2 Å². The van der Waals surface area contributed by atoms with Crippen molar-refractivity contribution in [2.75, 3.05) is 20.8 Å². The summed E-state index contributed by atoms with van der Waals surface area (Å²) in [5.41, 5.74) is 0.268. The maximum atomic E-state index is 12.2. The SMILES string of the molecule is COC(=O)[C@@H](Cc1ccccc1)NC(=O)COC(=O)c1ccc(OC)c([N+](=O)[O-])c1. The van der Waals surface area contributed by atoms with E-state index in [1.807, 2.05) is 6.07 Å². The molecule has 0 fully saturated rings. The molecule has 0 heterocycles. The fourth-order valence-corrected chi connectivity index (χ4v) is 2.60. The predicted octanol–water partition coefficient (Wildman–Crippen LogP) is 1.66. The highest BCUT2D eigenvalue weighted by atomic mass is 16.6. The lowest BCUT2D eigenvalue weighted by Gasteiger charge is -2.16. The van der Waals surface area contributed by atoms with Crippen molar-refractivity contribution in [3.8, 4) is 5.75 Å². The Morgan fingerprint density at radius 3 is 2.40 bits per heavy atom. The molecule has 0 bridgehead atoms. The van der Waals surface area contributed by atoms with E-state index in [1.54, 1.807) is 24.3 Å². The number of hydrogen-bond acceptors (Lipinski definition) is 8. The number of amides is 1. The molecule has 0 aliphatic heterocycles. The first-order valence-corrected chi connectivity index (χ1v) is 8.76. The number of hydrogen-bond donors (Lipinski definition) is 1. The Kier molecular flexibility index (Phi) is 7.86. The highest BCUT2D eigenvalue weighted by Crippen LogP contribution is 2.27. The molecule has 30 heavy (non-hydrogen) atoms. The smallest absolute Gasteiger partial charge is 0.338 e. The van der Waals surface area contributed by atoms with Crippen molar-refractivity contribution < 1.29 is 33.5 Å². The standard InChI is InChI=1S/C20H20N2O8/c1-28-17-9-8-14(11-16(17)22(26)27)19(24)30-12-18(23)21-15(20(25)29-2)10-13-6-4-3-5-7-13/h3-9,11,15H,10,12H2,1-2H3,(H,21,23)/t15-/m1/s1. The summed E-state index contributed by atoms with van der Waals surface area (Å²) in [7, 11) is 2.46. The Labute approximate surface area is 171 Å². The summed E-state index contributed by atoms with van der Waals surface area (Å²) in [5, 5.41) is 13.5. The number of methoxy groups -OCH3 is 2. The Hall–Kier alpha value is -3.95. The molecule has 10 nitrogen and oxygen atoms in total. The molecule has 0 spiro atoms. The predicted molar refractivity (Wildman–Crippen MR) is 104 cm³/mol. The lowest BCUT2D eigenvalue weighted by molar-refractivity contribution is -0.385. The number of nitro benzene ring substituents is 1. The molecule has 0 unspecified atom stereocenters. The lowest BCUT2D eigenvalue weighted by Crippen LogP contribution is -2.44. The van der Waals surface area contributed by atoms with Crippen LogP contribution in [0.25, 0.3) is 0 Å². The van der Waals surface area contributed by atoms with E-state index in [-0.39, 0.29) is 17.7 Å². The zero-order chi connectivity index (χ0) is 22.1. The van der Waals surface area contributed by atoms with Crippen molar-refractivity contribution in [3.05, 3.63) is 69.8 Å². The first kappa shape index (κ1) is 22.3. The van der Waals surface area contributed by atoms with Gasteiger partial charge in [0.05, 0.1) is 24.7 Å². The summed E-state index contributed by atoms with van der Waals surface area (Å²) in [4.78, 5) is 46.6. The number of ether oxygens (including phenoxy) is 3. The number of carbonyl (C=O) groups excluding carboxylic acids is 3. The van der Waals surface area contributed by atoms with Crippen molar-refractivity contribution in [1.82, 2.24) is 5.32 Å². The van der Waals surface area contributed by atoms with E-state index in [0.29, 0.717) is 0 Å². The molecule has 0 aliphatic rings. The normalized spacial score (nSPS) is 11.1. The minimum atomic E-state index is -0.967. The first-order chi connectivity index (χ1) is 14.3. The number of rotatable bonds is 9. The average molecular weight is 416 g/mol. The van der Waals surface area contributed by atoms with Gasteiger partial charge >= 0.3 is 17.6 Å². The molecular formula is C20H20N2O8. The van der Waals surface area contributed by atoms with Crippen LogP contribution in [0.3, 0.4) is 0 Å². The van der Waals surface area contributed by atoms with Crippen LogP contribution >= 0.6 is 0 Å². The first-order valence-electron chi connectivity index (χ1n) is 8.76. The minimum absolute atomic E-state index is 0.0175. The van der Waals surface area contributed by atoms with E-state index in [9.17, 15) is 24.5 Å². The van der Waals surface area contributed by atoms with Gasteiger partial charge in [0.25, 0.3) is 5.91 Å². The van der Waals surface area contributed by atoms with E-state index in [0.717, 1.165) is 11.6 Å². The molecule has 2 aromatic rings. The van der Waals surface area contributed by atoms with Gasteiger partial charge in [0, 0.05) is 12.5 Å². The van der Waals surface area contributed by atoms with Gasteiger partial charge < -0.3 is 19.5 Å². The number of nitro groups is 1. The zero-order valence-corrected chi connectivity index (χ0v) is 16.3. The second-order valence-electron chi connectivity index (χ2n) is 6.05. The molecule has 0 saturated heterocycles. The van der Waals surface area contributed by atoms with Crippen LogP contribution in [0.2, 0.25) is 0 Å². The van der Waals surface area contributed by atoms with Gasteiger partial charge in [-0.3, -0.25) is 14.9 Å². The van der Waals surface area contributed by atoms with Crippen molar-refractivity contribution >= 4 is 23.5 Å². The van der Waals surface area contributed by atoms with Crippen LogP contribution in [0.5, 0.6) is 5.75 Å². The van der Waals surface area contributed by atoms with Gasteiger partial charge in [-0.2, -0.15) is 0 Å². The van der Waals surface area contributed by atoms with E-state index >= 15 is 0 Å². The lowest BCUT2D eigenvalue weighted by atomic mass is 10.1. The van der Waals surface area contributed by atoms with Gasteiger partial charge in [0.1, 0.15) is 6.04 Å². The fraction of sp³-hybridized carbons (Fsp3) is 0.250. The molecule has 158 valence electrons. The minimum Gasteiger partial charge on any atom is -0.490 e. The largest absolute Gasteiger partial charge is 0.490 e. The zero-order valence-electron chi connectivity index (χ0n) is 16.3. The van der Waals surface area contributed by atoms with E-state index < -0.39 is 41.1 Å². The molecule has 0 aliphatic carbocycles. The maximum absolute atomic E-state index is 12.2. The maximum Gasteiger partial charge on any atom is 0.338 e. The van der Waals surface area contributed by atoms with E-state index in [2.05, 4.69) is 5.32 Å². The molecule has 2 rings (SSSR count). The Morgan fingerprint density at radius 1 is 1.10 bits per heavy atom. The summed E-state index contributed by atoms with van der Waals surface area (Å²) >= 11 is 0. The third-order valence-corrected chi connectivity index (χ3v) is 4.05. The number of carbonyl (C=O) groups is 3. The quantitative estimate of drug-likeness (QED) is 0.371. The number of esters is 2. The van der Waals surface area contributed by atoms with Crippen LogP contribution < -0.4 is 10.1 Å². The number of nitrogens with one attached hydrogen (secondary N) is 1. The summed E-state index contributed by atoms with van der Waals surface area (Å²) in [6.07, 6.45) is 0.192. The van der Waals surface area contributed by atoms with Gasteiger partial charge in [-0.1, -0.05) is 30.3 Å². The number of nitrogens with zero attached hydrogens (tertiary/aromatic N) is 1. The summed E-state index contributed by atoms with van der Waals surface area (Å²) in [5.74, 6) is -2.33. The van der Waals surface area contributed by atoms with Crippen molar-refractivity contribution in [3.63, 3.8) is 0 Å². The van der Waals surface area contributed by atoms with Crippen molar-refractivity contribution in [2.45, 2.75) is 12.5 Å². The monoisotopic (exact) mass is 416 g/mol. The molecule has 2 aromatic carbocycles. The van der Waals surface area contributed by atoms with Gasteiger partial charge in [0.2, 0.25) is 0 Å². The summed E-state index contributed by atoms with van der Waals surface area (Å²) < 4.78 is 14.5. The Bertz CT molecular complexity index is 930. The van der Waals surface area contributed by atoms with Gasteiger partial charge in [-0.05, 0) is 17.7 Å². The van der Waals surface area contributed by atoms with Crippen LogP contribution in [0.1, 0.15) is 15.9 Å². The topological polar surface area (TPSA) is 134 Å². The highest BCUT2D eigenvalue weighted by Gasteiger charge is 2.23. The van der Waals surface area contributed by atoms with Crippen LogP contribution in [0.4, 0.5) is 5.69 Å². The molecule has 10 heteroatoms. The fourth-order valence-electron chi connectivity index (χ4n) is 2.60. The molecule has 0 radical (unpaired) electrons. The van der Waals surface area contributed by atoms with Crippen molar-refractivity contribution in [2.24, 2.45) is 0 Å². The van der Waals surface area contributed by atoms with Crippen LogP contribution in [0.15, 0.2) is 48.5 Å². The van der Waals surface area contributed by atoms with Crippen LogP contribution in [-0.2, 0) is 25.5 Å². The summed E-state index contributed by atoms with van der Waals surface area (Å²) in [6, 6.07) is 11.5. The molecule has 0 aromatic heterocycles. The van der Waals surface area contributed by atoms with Crippen molar-refractivity contribution in [1.29, 1.82) is 0 Å². The third-order valence-electron chi connectivity index (χ3n) is 4.05. The van der Waals surface area contributed by atoms with Crippen LogP contribution in [0, 0.1) is 10.1 Å². The second kappa shape index (κ2) is 10.6. The highest BCUT2D eigenvalue weighted by molar-refractivity contribution is 5.93. The molecule has 1 amide bonds. The molecule has 0 saturated carbocycles. The van der Waals surface area contributed by atoms with Gasteiger partial charge in [-0.15, -0.1) is 0 Å². The van der Waals surface area contributed by atoms with Crippen LogP contribution in [-0.4, -0.2) is 49.6 Å². The third kappa shape index (κ3) is 6.03. The Balaban J connectivity index is 1.99. The van der Waals surface area contributed by atoms with E-state index in [1.165, 1.54) is 26.4 Å². The van der Waals surface area contributed by atoms with Gasteiger partial charge in [-0.25, -0.2) is 9.59 Å². The van der Waals surface area contributed by atoms with Gasteiger partial charge in [0.15, 0.2) is 12.4 Å². The molecule has 1 N–H and O–H groups in total.